The molecular formula is C14H14N2O2S. The fourth-order valence-electron chi connectivity index (χ4n) is 1.51. The minimum Gasteiger partial charge on any atom is -0.397 e. The first-order chi connectivity index (χ1) is 9.07. The van der Waals surface area contributed by atoms with Gasteiger partial charge in [-0.15, -0.1) is 0 Å². The zero-order valence-electron chi connectivity index (χ0n) is 10.2. The molecule has 0 atom stereocenters. The smallest absolute Gasteiger partial charge is 0.255 e. The minimum atomic E-state index is -3.57. The van der Waals surface area contributed by atoms with Crippen LogP contribution in [0.4, 0.5) is 11.4 Å². The van der Waals surface area contributed by atoms with Crippen molar-refractivity contribution < 1.29 is 8.42 Å². The van der Waals surface area contributed by atoms with E-state index in [4.69, 9.17) is 5.73 Å². The Morgan fingerprint density at radius 1 is 0.947 bits per heavy atom. The molecule has 0 fully saturated rings. The largest absolute Gasteiger partial charge is 0.397 e. The molecule has 98 valence electrons. The zero-order valence-corrected chi connectivity index (χ0v) is 11.0. The molecule has 0 spiro atoms. The summed E-state index contributed by atoms with van der Waals surface area (Å²) in [6.45, 7) is 0. The Morgan fingerprint density at radius 2 is 1.58 bits per heavy atom. The molecule has 0 bridgehead atoms. The summed E-state index contributed by atoms with van der Waals surface area (Å²) in [5.74, 6) is 0. The third kappa shape index (κ3) is 3.86. The van der Waals surface area contributed by atoms with Crippen LogP contribution in [0.3, 0.4) is 0 Å². The molecule has 19 heavy (non-hydrogen) atoms. The average Bonchev–Trinajstić information content (AvgIpc) is 2.40. The first-order valence-electron chi connectivity index (χ1n) is 5.67. The van der Waals surface area contributed by atoms with Gasteiger partial charge < -0.3 is 5.73 Å². The molecule has 0 amide bonds. The summed E-state index contributed by atoms with van der Waals surface area (Å²) in [6.07, 6.45) is 1.53. The van der Waals surface area contributed by atoms with Crippen molar-refractivity contribution in [1.82, 2.24) is 0 Å². The summed E-state index contributed by atoms with van der Waals surface area (Å²) in [7, 11) is -3.57. The van der Waals surface area contributed by atoms with Crippen LogP contribution in [-0.2, 0) is 10.0 Å². The molecule has 0 aliphatic rings. The van der Waals surface area contributed by atoms with Gasteiger partial charge in [0.1, 0.15) is 0 Å². The van der Waals surface area contributed by atoms with E-state index in [1.165, 1.54) is 6.08 Å². The van der Waals surface area contributed by atoms with Gasteiger partial charge in [0, 0.05) is 0 Å². The van der Waals surface area contributed by atoms with E-state index in [1.807, 2.05) is 30.3 Å². The van der Waals surface area contributed by atoms with Gasteiger partial charge in [0.05, 0.1) is 16.8 Å². The first kappa shape index (κ1) is 13.2. The Hall–Kier alpha value is -2.27. The van der Waals surface area contributed by atoms with Crippen molar-refractivity contribution in [3.8, 4) is 0 Å². The molecule has 2 aromatic carbocycles. The Labute approximate surface area is 112 Å². The van der Waals surface area contributed by atoms with Crippen LogP contribution in [0.15, 0.2) is 60.0 Å². The van der Waals surface area contributed by atoms with E-state index in [-0.39, 0.29) is 0 Å². The normalized spacial score (nSPS) is 11.6. The lowest BCUT2D eigenvalue weighted by atomic mass is 10.2. The quantitative estimate of drug-likeness (QED) is 0.842. The van der Waals surface area contributed by atoms with Gasteiger partial charge in [-0.3, -0.25) is 4.72 Å². The molecule has 0 aromatic heterocycles. The van der Waals surface area contributed by atoms with Gasteiger partial charge >= 0.3 is 0 Å². The van der Waals surface area contributed by atoms with E-state index < -0.39 is 10.0 Å². The highest BCUT2D eigenvalue weighted by atomic mass is 32.2. The van der Waals surface area contributed by atoms with Crippen LogP contribution in [0.2, 0.25) is 0 Å². The molecule has 0 aliphatic carbocycles. The second-order valence-electron chi connectivity index (χ2n) is 3.95. The predicted molar refractivity (Wildman–Crippen MR) is 78.9 cm³/mol. The molecule has 0 radical (unpaired) electrons. The second kappa shape index (κ2) is 5.58. The van der Waals surface area contributed by atoms with Crippen LogP contribution in [0.1, 0.15) is 5.56 Å². The number of nitrogens with two attached hydrogens (primary N) is 1. The lowest BCUT2D eigenvalue weighted by Crippen LogP contribution is -2.10. The number of anilines is 2. The van der Waals surface area contributed by atoms with Gasteiger partial charge in [-0.2, -0.15) is 0 Å². The number of nitrogens with one attached hydrogen (secondary N) is 1. The third-order valence-corrected chi connectivity index (χ3v) is 3.45. The van der Waals surface area contributed by atoms with Crippen molar-refractivity contribution in [3.63, 3.8) is 0 Å². The van der Waals surface area contributed by atoms with E-state index in [0.717, 1.165) is 11.0 Å². The fourth-order valence-corrected chi connectivity index (χ4v) is 2.41. The van der Waals surface area contributed by atoms with Crippen LogP contribution in [0.25, 0.3) is 6.08 Å². The van der Waals surface area contributed by atoms with Crippen LogP contribution in [0, 0.1) is 0 Å². The monoisotopic (exact) mass is 274 g/mol. The van der Waals surface area contributed by atoms with Crippen molar-refractivity contribution in [3.05, 3.63) is 65.6 Å². The topological polar surface area (TPSA) is 72.2 Å². The maximum absolute atomic E-state index is 11.9. The van der Waals surface area contributed by atoms with Crippen molar-refractivity contribution >= 4 is 27.5 Å². The summed E-state index contributed by atoms with van der Waals surface area (Å²) < 4.78 is 26.2. The molecule has 2 aromatic rings. The van der Waals surface area contributed by atoms with E-state index in [0.29, 0.717) is 11.4 Å². The minimum absolute atomic E-state index is 0.375. The van der Waals surface area contributed by atoms with Crippen LogP contribution >= 0.6 is 0 Å². The van der Waals surface area contributed by atoms with Crippen LogP contribution < -0.4 is 10.5 Å². The molecular weight excluding hydrogens is 260 g/mol. The highest BCUT2D eigenvalue weighted by Crippen LogP contribution is 2.18. The van der Waals surface area contributed by atoms with E-state index in [1.54, 1.807) is 24.3 Å². The predicted octanol–water partition coefficient (Wildman–Crippen LogP) is 2.68. The second-order valence-corrected chi connectivity index (χ2v) is 5.51. The lowest BCUT2D eigenvalue weighted by molar-refractivity contribution is 0.609. The number of sulfonamides is 1. The molecule has 2 rings (SSSR count). The van der Waals surface area contributed by atoms with Gasteiger partial charge in [-0.25, -0.2) is 8.42 Å². The molecule has 0 saturated carbocycles. The third-order valence-electron chi connectivity index (χ3n) is 2.45. The molecule has 3 N–H and O–H groups in total. The number of rotatable bonds is 4. The van der Waals surface area contributed by atoms with Gasteiger partial charge in [0.15, 0.2) is 0 Å². The summed E-state index contributed by atoms with van der Waals surface area (Å²) >= 11 is 0. The van der Waals surface area contributed by atoms with Crippen LogP contribution in [0.5, 0.6) is 0 Å². The summed E-state index contributed by atoms with van der Waals surface area (Å²) in [5, 5.41) is 1.12. The molecule has 0 unspecified atom stereocenters. The molecule has 4 nitrogen and oxygen atoms in total. The molecule has 5 heteroatoms. The number of nitrogen functional groups attached to an aromatic ring is 1. The van der Waals surface area contributed by atoms with Gasteiger partial charge in [-0.1, -0.05) is 42.5 Å². The first-order valence-corrected chi connectivity index (χ1v) is 7.22. The Balaban J connectivity index is 2.16. The van der Waals surface area contributed by atoms with Crippen molar-refractivity contribution in [2.24, 2.45) is 0 Å². The van der Waals surface area contributed by atoms with Gasteiger partial charge in [0.25, 0.3) is 10.0 Å². The standard InChI is InChI=1S/C14H14N2O2S/c15-13-8-4-5-9-14(13)16-19(17,18)11-10-12-6-2-1-3-7-12/h1-11,16H,15H2. The van der Waals surface area contributed by atoms with Crippen molar-refractivity contribution in [2.75, 3.05) is 10.5 Å². The highest BCUT2D eigenvalue weighted by Gasteiger charge is 2.07. The Morgan fingerprint density at radius 3 is 2.26 bits per heavy atom. The van der Waals surface area contributed by atoms with E-state index >= 15 is 0 Å². The number of hydrogen-bond acceptors (Lipinski definition) is 3. The molecule has 0 saturated heterocycles. The van der Waals surface area contributed by atoms with Crippen molar-refractivity contribution in [2.45, 2.75) is 0 Å². The highest BCUT2D eigenvalue weighted by molar-refractivity contribution is 7.95. The average molecular weight is 274 g/mol. The molecule has 0 aliphatic heterocycles. The van der Waals surface area contributed by atoms with Crippen molar-refractivity contribution in [1.29, 1.82) is 0 Å². The van der Waals surface area contributed by atoms with Crippen LogP contribution in [-0.4, -0.2) is 8.42 Å². The van der Waals surface area contributed by atoms with E-state index in [9.17, 15) is 8.42 Å². The summed E-state index contributed by atoms with van der Waals surface area (Å²) in [4.78, 5) is 0. The van der Waals surface area contributed by atoms with Gasteiger partial charge in [0.2, 0.25) is 0 Å². The fraction of sp³-hybridized carbons (Fsp3) is 0. The Kier molecular flexibility index (Phi) is 3.87. The Bertz CT molecular complexity index is 680. The molecule has 0 heterocycles. The number of benzene rings is 2. The summed E-state index contributed by atoms with van der Waals surface area (Å²) in [5.41, 5.74) is 7.26. The maximum atomic E-state index is 11.9. The SMILES string of the molecule is Nc1ccccc1NS(=O)(=O)C=Cc1ccccc1. The number of hydrogen-bond donors (Lipinski definition) is 2. The van der Waals surface area contributed by atoms with Gasteiger partial charge in [-0.05, 0) is 23.8 Å². The number of para-hydroxylation sites is 2. The lowest BCUT2D eigenvalue weighted by Gasteiger charge is -2.06. The zero-order chi connectivity index (χ0) is 13.7. The summed E-state index contributed by atoms with van der Waals surface area (Å²) in [6, 6.07) is 15.9. The van der Waals surface area contributed by atoms with E-state index in [2.05, 4.69) is 4.72 Å². The maximum Gasteiger partial charge on any atom is 0.255 e.